The van der Waals surface area contributed by atoms with Crippen LogP contribution >= 0.6 is 0 Å². The molecule has 14 heavy (non-hydrogen) atoms. The largest absolute Gasteiger partial charge is 0.469 e. The summed E-state index contributed by atoms with van der Waals surface area (Å²) >= 11 is 0. The van der Waals surface area contributed by atoms with Crippen molar-refractivity contribution in [3.63, 3.8) is 0 Å². The first-order valence-electron chi connectivity index (χ1n) is 5.84. The third-order valence-corrected chi connectivity index (χ3v) is 3.15. The van der Waals surface area contributed by atoms with Gasteiger partial charge in [0.1, 0.15) is 0 Å². The molecule has 0 aromatic rings. The fraction of sp³-hybridized carbons (Fsp3) is 0.917. The zero-order valence-electron chi connectivity index (χ0n) is 9.42. The van der Waals surface area contributed by atoms with E-state index >= 15 is 0 Å². The second kappa shape index (κ2) is 6.05. The van der Waals surface area contributed by atoms with E-state index in [9.17, 15) is 4.79 Å². The molecule has 1 saturated carbocycles. The first-order valence-corrected chi connectivity index (χ1v) is 5.84. The summed E-state index contributed by atoms with van der Waals surface area (Å²) < 4.78 is 4.65. The van der Waals surface area contributed by atoms with Crippen LogP contribution in [0.2, 0.25) is 0 Å². The number of esters is 1. The van der Waals surface area contributed by atoms with Gasteiger partial charge < -0.3 is 4.74 Å². The molecule has 0 aromatic heterocycles. The van der Waals surface area contributed by atoms with Crippen molar-refractivity contribution in [1.82, 2.24) is 0 Å². The highest BCUT2D eigenvalue weighted by atomic mass is 16.5. The number of ether oxygens (including phenoxy) is 1. The molecule has 0 unspecified atom stereocenters. The van der Waals surface area contributed by atoms with Gasteiger partial charge in [0.25, 0.3) is 0 Å². The molecular formula is C12H22O2. The van der Waals surface area contributed by atoms with E-state index in [4.69, 9.17) is 0 Å². The Bertz CT molecular complexity index is 177. The Morgan fingerprint density at radius 2 is 2.07 bits per heavy atom. The van der Waals surface area contributed by atoms with Gasteiger partial charge in [0.2, 0.25) is 0 Å². The standard InChI is InChI=1S/C12H22O2/c1-3-4-5-6-7-10-8-11(10)9-12(13)14-2/h10-11H,3-9H2,1-2H3/t10-,11+/m1/s1. The van der Waals surface area contributed by atoms with Gasteiger partial charge in [-0.2, -0.15) is 0 Å². The Balaban J connectivity index is 1.95. The van der Waals surface area contributed by atoms with Crippen LogP contribution in [0.25, 0.3) is 0 Å². The molecule has 1 aliphatic rings. The summed E-state index contributed by atoms with van der Waals surface area (Å²) in [6.07, 6.45) is 8.58. The minimum atomic E-state index is -0.0361. The van der Waals surface area contributed by atoms with Gasteiger partial charge in [0.15, 0.2) is 0 Å². The zero-order chi connectivity index (χ0) is 10.4. The van der Waals surface area contributed by atoms with Gasteiger partial charge in [0.05, 0.1) is 7.11 Å². The summed E-state index contributed by atoms with van der Waals surface area (Å²) in [6, 6.07) is 0. The zero-order valence-corrected chi connectivity index (χ0v) is 9.42. The minimum absolute atomic E-state index is 0.0361. The van der Waals surface area contributed by atoms with Crippen LogP contribution in [0, 0.1) is 11.8 Å². The summed E-state index contributed by atoms with van der Waals surface area (Å²) in [4.78, 5) is 11.0. The van der Waals surface area contributed by atoms with Gasteiger partial charge >= 0.3 is 5.97 Å². The van der Waals surface area contributed by atoms with Crippen LogP contribution in [-0.4, -0.2) is 13.1 Å². The van der Waals surface area contributed by atoms with Crippen LogP contribution in [0.1, 0.15) is 51.9 Å². The Labute approximate surface area is 87.0 Å². The third-order valence-electron chi connectivity index (χ3n) is 3.15. The SMILES string of the molecule is CCCCCC[C@@H]1C[C@H]1CC(=O)OC. The lowest BCUT2D eigenvalue weighted by Crippen LogP contribution is -2.01. The average Bonchev–Trinajstić information content (AvgIpc) is 2.91. The average molecular weight is 198 g/mol. The number of hydrogen-bond acceptors (Lipinski definition) is 2. The molecule has 1 rings (SSSR count). The summed E-state index contributed by atoms with van der Waals surface area (Å²) in [5, 5.41) is 0. The Morgan fingerprint density at radius 3 is 2.71 bits per heavy atom. The first kappa shape index (κ1) is 11.5. The second-order valence-corrected chi connectivity index (χ2v) is 4.39. The maximum Gasteiger partial charge on any atom is 0.305 e. The Morgan fingerprint density at radius 1 is 1.29 bits per heavy atom. The van der Waals surface area contributed by atoms with Crippen molar-refractivity contribution < 1.29 is 9.53 Å². The fourth-order valence-electron chi connectivity index (χ4n) is 2.04. The van der Waals surface area contributed by atoms with E-state index in [-0.39, 0.29) is 5.97 Å². The topological polar surface area (TPSA) is 26.3 Å². The normalized spacial score (nSPS) is 24.7. The van der Waals surface area contributed by atoms with E-state index in [2.05, 4.69) is 11.7 Å². The van der Waals surface area contributed by atoms with Gasteiger partial charge in [-0.15, -0.1) is 0 Å². The van der Waals surface area contributed by atoms with Gasteiger partial charge in [-0.3, -0.25) is 4.79 Å². The predicted molar refractivity (Wildman–Crippen MR) is 57.0 cm³/mol. The molecule has 0 radical (unpaired) electrons. The molecule has 0 bridgehead atoms. The third kappa shape index (κ3) is 4.12. The van der Waals surface area contributed by atoms with Crippen LogP contribution in [0.4, 0.5) is 0 Å². The lowest BCUT2D eigenvalue weighted by Gasteiger charge is -1.99. The summed E-state index contributed by atoms with van der Waals surface area (Å²) in [5.41, 5.74) is 0. The summed E-state index contributed by atoms with van der Waals surface area (Å²) in [5.74, 6) is 1.43. The molecule has 82 valence electrons. The lowest BCUT2D eigenvalue weighted by molar-refractivity contribution is -0.141. The van der Waals surface area contributed by atoms with Crippen LogP contribution in [0.5, 0.6) is 0 Å². The first-order chi connectivity index (χ1) is 6.77. The lowest BCUT2D eigenvalue weighted by atomic mass is 10.1. The fourth-order valence-corrected chi connectivity index (χ4v) is 2.04. The molecule has 0 amide bonds. The quantitative estimate of drug-likeness (QED) is 0.464. The summed E-state index contributed by atoms with van der Waals surface area (Å²) in [6.45, 7) is 2.23. The molecule has 0 N–H and O–H groups in total. The molecular weight excluding hydrogens is 176 g/mol. The highest BCUT2D eigenvalue weighted by Gasteiger charge is 2.37. The van der Waals surface area contributed by atoms with E-state index in [0.29, 0.717) is 12.3 Å². The van der Waals surface area contributed by atoms with E-state index in [1.54, 1.807) is 0 Å². The van der Waals surface area contributed by atoms with Crippen molar-refractivity contribution >= 4 is 5.97 Å². The van der Waals surface area contributed by atoms with Crippen molar-refractivity contribution in [3.05, 3.63) is 0 Å². The molecule has 0 aromatic carbocycles. The molecule has 0 spiro atoms. The second-order valence-electron chi connectivity index (χ2n) is 4.39. The van der Waals surface area contributed by atoms with E-state index in [1.165, 1.54) is 45.6 Å². The van der Waals surface area contributed by atoms with Crippen molar-refractivity contribution in [2.75, 3.05) is 7.11 Å². The minimum Gasteiger partial charge on any atom is -0.469 e. The molecule has 0 heterocycles. The number of rotatable bonds is 7. The molecule has 1 aliphatic carbocycles. The smallest absolute Gasteiger partial charge is 0.305 e. The van der Waals surface area contributed by atoms with Crippen molar-refractivity contribution in [2.24, 2.45) is 11.8 Å². The Kier molecular flexibility index (Phi) is 4.99. The van der Waals surface area contributed by atoms with Crippen LogP contribution in [-0.2, 0) is 9.53 Å². The van der Waals surface area contributed by atoms with Gasteiger partial charge in [-0.1, -0.05) is 39.0 Å². The maximum atomic E-state index is 11.0. The summed E-state index contributed by atoms with van der Waals surface area (Å²) in [7, 11) is 1.47. The van der Waals surface area contributed by atoms with Crippen LogP contribution in [0.3, 0.4) is 0 Å². The predicted octanol–water partition coefficient (Wildman–Crippen LogP) is 3.16. The highest BCUT2D eigenvalue weighted by molar-refractivity contribution is 5.69. The van der Waals surface area contributed by atoms with Crippen LogP contribution < -0.4 is 0 Å². The van der Waals surface area contributed by atoms with Crippen molar-refractivity contribution in [1.29, 1.82) is 0 Å². The van der Waals surface area contributed by atoms with Gasteiger partial charge in [-0.25, -0.2) is 0 Å². The molecule has 2 heteroatoms. The monoisotopic (exact) mass is 198 g/mol. The van der Waals surface area contributed by atoms with Crippen molar-refractivity contribution in [2.45, 2.75) is 51.9 Å². The van der Waals surface area contributed by atoms with Gasteiger partial charge in [0, 0.05) is 6.42 Å². The number of unbranched alkanes of at least 4 members (excludes halogenated alkanes) is 3. The van der Waals surface area contributed by atoms with E-state index < -0.39 is 0 Å². The molecule has 2 atom stereocenters. The maximum absolute atomic E-state index is 11.0. The van der Waals surface area contributed by atoms with E-state index in [1.807, 2.05) is 0 Å². The Hall–Kier alpha value is -0.530. The molecule has 1 fully saturated rings. The van der Waals surface area contributed by atoms with Gasteiger partial charge in [-0.05, 0) is 18.3 Å². The molecule has 0 saturated heterocycles. The number of carbonyl (C=O) groups is 1. The number of hydrogen-bond donors (Lipinski definition) is 0. The van der Waals surface area contributed by atoms with Crippen molar-refractivity contribution in [3.8, 4) is 0 Å². The molecule has 0 aliphatic heterocycles. The van der Waals surface area contributed by atoms with Crippen LogP contribution in [0.15, 0.2) is 0 Å². The number of methoxy groups -OCH3 is 1. The highest BCUT2D eigenvalue weighted by Crippen LogP contribution is 2.44. The molecule has 2 nitrogen and oxygen atoms in total. The van der Waals surface area contributed by atoms with E-state index in [0.717, 1.165) is 5.92 Å². The number of carbonyl (C=O) groups excluding carboxylic acids is 1.